The first kappa shape index (κ1) is 9.74. The van der Waals surface area contributed by atoms with Gasteiger partial charge in [0.2, 0.25) is 0 Å². The maximum Gasteiger partial charge on any atom is 0.140 e. The average molecular weight is 238 g/mol. The van der Waals surface area contributed by atoms with Crippen molar-refractivity contribution in [2.45, 2.75) is 6.61 Å². The highest BCUT2D eigenvalue weighted by Gasteiger charge is 2.11. The van der Waals surface area contributed by atoms with Crippen molar-refractivity contribution in [2.75, 3.05) is 0 Å². The van der Waals surface area contributed by atoms with Crippen molar-refractivity contribution in [1.82, 2.24) is 0 Å². The molecule has 0 aliphatic rings. The number of para-hydroxylation sites is 1. The molecule has 0 atom stereocenters. The van der Waals surface area contributed by atoms with Crippen LogP contribution < -0.4 is 0 Å². The smallest absolute Gasteiger partial charge is 0.140 e. The minimum atomic E-state index is -0.0206. The summed E-state index contributed by atoms with van der Waals surface area (Å²) in [5.41, 5.74) is 3.22. The zero-order valence-electron chi connectivity index (χ0n) is 9.51. The summed E-state index contributed by atoms with van der Waals surface area (Å²) < 4.78 is 11.3. The highest BCUT2D eigenvalue weighted by atomic mass is 16.3. The molecule has 0 aliphatic carbocycles. The second-order valence-corrected chi connectivity index (χ2v) is 4.36. The second-order valence-electron chi connectivity index (χ2n) is 4.36. The number of hydrogen-bond donors (Lipinski definition) is 1. The highest BCUT2D eigenvalue weighted by Crippen LogP contribution is 2.33. The molecule has 1 N–H and O–H groups in total. The first-order valence-corrected chi connectivity index (χ1v) is 5.79. The summed E-state index contributed by atoms with van der Waals surface area (Å²) in [5, 5.41) is 12.4. The van der Waals surface area contributed by atoms with Gasteiger partial charge in [0, 0.05) is 21.7 Å². The summed E-state index contributed by atoms with van der Waals surface area (Å²) in [7, 11) is 0. The van der Waals surface area contributed by atoms with Crippen LogP contribution in [-0.4, -0.2) is 5.11 Å². The van der Waals surface area contributed by atoms with Crippen LogP contribution in [0.15, 0.2) is 51.5 Å². The normalized spacial score (nSPS) is 11.8. The van der Waals surface area contributed by atoms with Crippen molar-refractivity contribution in [2.24, 2.45) is 0 Å². The van der Waals surface area contributed by atoms with Crippen LogP contribution >= 0.6 is 0 Å². The summed E-state index contributed by atoms with van der Waals surface area (Å²) in [6, 6.07) is 11.7. The predicted octanol–water partition coefficient (Wildman–Crippen LogP) is 3.82. The van der Waals surface area contributed by atoms with E-state index in [1.165, 1.54) is 0 Å². The van der Waals surface area contributed by atoms with E-state index >= 15 is 0 Å². The van der Waals surface area contributed by atoms with Gasteiger partial charge < -0.3 is 13.9 Å². The number of furan rings is 2. The number of hydrogen-bond acceptors (Lipinski definition) is 3. The van der Waals surface area contributed by atoms with Gasteiger partial charge in [0.25, 0.3) is 0 Å². The predicted molar refractivity (Wildman–Crippen MR) is 69.4 cm³/mol. The van der Waals surface area contributed by atoms with E-state index in [9.17, 15) is 5.11 Å². The van der Waals surface area contributed by atoms with Gasteiger partial charge in [0.15, 0.2) is 0 Å². The van der Waals surface area contributed by atoms with Gasteiger partial charge >= 0.3 is 0 Å². The Morgan fingerprint density at radius 2 is 1.94 bits per heavy atom. The van der Waals surface area contributed by atoms with Gasteiger partial charge in [-0.15, -0.1) is 0 Å². The van der Waals surface area contributed by atoms with Crippen molar-refractivity contribution in [3.63, 3.8) is 0 Å². The number of benzene rings is 2. The monoisotopic (exact) mass is 238 g/mol. The maximum atomic E-state index is 9.33. The third-order valence-electron chi connectivity index (χ3n) is 3.32. The summed E-state index contributed by atoms with van der Waals surface area (Å²) in [4.78, 5) is 0. The third-order valence-corrected chi connectivity index (χ3v) is 3.32. The Balaban J connectivity index is 2.23. The first-order valence-electron chi connectivity index (χ1n) is 5.79. The molecule has 4 aromatic rings. The van der Waals surface area contributed by atoms with Gasteiger partial charge in [-0.05, 0) is 18.2 Å². The van der Waals surface area contributed by atoms with E-state index < -0.39 is 0 Å². The molecule has 2 heterocycles. The van der Waals surface area contributed by atoms with Crippen molar-refractivity contribution in [3.8, 4) is 0 Å². The summed E-state index contributed by atoms with van der Waals surface area (Å²) in [6.07, 6.45) is 1.67. The van der Waals surface area contributed by atoms with Crippen LogP contribution in [0.25, 0.3) is 32.9 Å². The fourth-order valence-corrected chi connectivity index (χ4v) is 2.44. The molecule has 0 saturated carbocycles. The fraction of sp³-hybridized carbons (Fsp3) is 0.0667. The van der Waals surface area contributed by atoms with Crippen LogP contribution in [0, 0.1) is 0 Å². The summed E-state index contributed by atoms with van der Waals surface area (Å²) in [6.45, 7) is -0.0206. The molecule has 88 valence electrons. The topological polar surface area (TPSA) is 46.5 Å². The molecular weight excluding hydrogens is 228 g/mol. The number of aliphatic hydroxyl groups excluding tert-OH is 1. The lowest BCUT2D eigenvalue weighted by atomic mass is 10.1. The molecule has 0 amide bonds. The van der Waals surface area contributed by atoms with Crippen LogP contribution in [0.3, 0.4) is 0 Å². The Bertz CT molecular complexity index is 867. The van der Waals surface area contributed by atoms with Crippen LogP contribution in [0.2, 0.25) is 0 Å². The minimum absolute atomic E-state index is 0.0206. The molecule has 0 radical (unpaired) electrons. The van der Waals surface area contributed by atoms with Gasteiger partial charge in [-0.2, -0.15) is 0 Å². The van der Waals surface area contributed by atoms with E-state index in [4.69, 9.17) is 8.83 Å². The van der Waals surface area contributed by atoms with Gasteiger partial charge in [-0.25, -0.2) is 0 Å². The zero-order valence-corrected chi connectivity index (χ0v) is 9.51. The molecule has 3 heteroatoms. The van der Waals surface area contributed by atoms with E-state index in [0.717, 1.165) is 38.5 Å². The lowest BCUT2D eigenvalue weighted by Crippen LogP contribution is -1.81. The number of rotatable bonds is 1. The molecule has 0 aliphatic heterocycles. The van der Waals surface area contributed by atoms with E-state index in [1.54, 1.807) is 6.26 Å². The largest absolute Gasteiger partial charge is 0.464 e. The van der Waals surface area contributed by atoms with Crippen LogP contribution in [0.4, 0.5) is 0 Å². The molecule has 0 spiro atoms. The van der Waals surface area contributed by atoms with Crippen LogP contribution in [0.5, 0.6) is 0 Å². The Morgan fingerprint density at radius 3 is 2.83 bits per heavy atom. The Kier molecular flexibility index (Phi) is 1.82. The number of fused-ring (bicyclic) bond motifs is 4. The standard InChI is InChI=1S/C15H10O3/c16-8-10-2-1-3-11-12-7-13-9(4-5-17-13)6-14(12)18-15(10)11/h1-7,16H,8H2. The number of aliphatic hydroxyl groups is 1. The Hall–Kier alpha value is -2.26. The van der Waals surface area contributed by atoms with Crippen molar-refractivity contribution in [1.29, 1.82) is 0 Å². The second kappa shape index (κ2) is 3.37. The van der Waals surface area contributed by atoms with E-state index in [-0.39, 0.29) is 6.61 Å². The van der Waals surface area contributed by atoms with E-state index in [2.05, 4.69) is 0 Å². The lowest BCUT2D eigenvalue weighted by Gasteiger charge is -1.95. The average Bonchev–Trinajstić information content (AvgIpc) is 2.98. The summed E-state index contributed by atoms with van der Waals surface area (Å²) in [5.74, 6) is 0. The molecule has 18 heavy (non-hydrogen) atoms. The van der Waals surface area contributed by atoms with Crippen molar-refractivity contribution < 1.29 is 13.9 Å². The van der Waals surface area contributed by atoms with E-state index in [1.807, 2.05) is 36.4 Å². The van der Waals surface area contributed by atoms with Gasteiger partial charge in [0.1, 0.15) is 16.7 Å². The third kappa shape index (κ3) is 1.17. The van der Waals surface area contributed by atoms with Gasteiger partial charge in [-0.1, -0.05) is 18.2 Å². The molecule has 4 rings (SSSR count). The molecule has 3 nitrogen and oxygen atoms in total. The van der Waals surface area contributed by atoms with Crippen molar-refractivity contribution in [3.05, 3.63) is 48.2 Å². The molecule has 0 unspecified atom stereocenters. The summed E-state index contributed by atoms with van der Waals surface area (Å²) >= 11 is 0. The van der Waals surface area contributed by atoms with E-state index in [0.29, 0.717) is 0 Å². The van der Waals surface area contributed by atoms with Crippen LogP contribution in [0.1, 0.15) is 5.56 Å². The molecular formula is C15H10O3. The van der Waals surface area contributed by atoms with Gasteiger partial charge in [-0.3, -0.25) is 0 Å². The molecule has 0 saturated heterocycles. The van der Waals surface area contributed by atoms with Gasteiger partial charge in [0.05, 0.1) is 12.9 Å². The molecule has 2 aromatic carbocycles. The molecule has 0 fully saturated rings. The molecule has 0 bridgehead atoms. The highest BCUT2D eigenvalue weighted by molar-refractivity contribution is 6.09. The zero-order chi connectivity index (χ0) is 12.1. The SMILES string of the molecule is OCc1cccc2c1oc1cc3ccoc3cc12. The maximum absolute atomic E-state index is 9.33. The Morgan fingerprint density at radius 1 is 1.00 bits per heavy atom. The lowest BCUT2D eigenvalue weighted by molar-refractivity contribution is 0.282. The Labute approximate surface area is 102 Å². The quantitative estimate of drug-likeness (QED) is 0.548. The minimum Gasteiger partial charge on any atom is -0.464 e. The molecule has 2 aromatic heterocycles. The first-order chi connectivity index (χ1) is 8.86. The van der Waals surface area contributed by atoms with Crippen molar-refractivity contribution >= 4 is 32.9 Å². The fourth-order valence-electron chi connectivity index (χ4n) is 2.44. The van der Waals surface area contributed by atoms with Crippen LogP contribution in [-0.2, 0) is 6.61 Å².